The van der Waals surface area contributed by atoms with Crippen LogP contribution < -0.4 is 18.9 Å². The lowest BCUT2D eigenvalue weighted by atomic mass is 10.00. The van der Waals surface area contributed by atoms with Crippen molar-refractivity contribution in [3.05, 3.63) is 65.4 Å². The molecule has 0 N–H and O–H groups in total. The summed E-state index contributed by atoms with van der Waals surface area (Å²) in [6, 6.07) is 16.5. The van der Waals surface area contributed by atoms with Crippen molar-refractivity contribution >= 4 is 22.1 Å². The van der Waals surface area contributed by atoms with E-state index in [1.807, 2.05) is 30.3 Å². The number of rotatable bonds is 4. The molecule has 0 spiro atoms. The van der Waals surface area contributed by atoms with Gasteiger partial charge in [-0.05, 0) is 23.6 Å². The quantitative estimate of drug-likeness (QED) is 0.488. The first kappa shape index (κ1) is 18.4. The summed E-state index contributed by atoms with van der Waals surface area (Å²) in [6.07, 6.45) is 0. The molecule has 0 saturated heterocycles. The molecule has 0 aliphatic carbocycles. The second-order valence-electron chi connectivity index (χ2n) is 6.32. The monoisotopic (exact) mass is 387 g/mol. The Bertz CT molecular complexity index is 1190. The lowest BCUT2D eigenvalue weighted by molar-refractivity contribution is 0.101. The maximum atomic E-state index is 13.0. The van der Waals surface area contributed by atoms with Crippen LogP contribution in [0.3, 0.4) is 0 Å². The fourth-order valence-electron chi connectivity index (χ4n) is 3.44. The number of nitrogens with zero attached hydrogens (tertiary/aromatic N) is 1. The summed E-state index contributed by atoms with van der Waals surface area (Å²) in [5, 5.41) is 11.6. The van der Waals surface area contributed by atoms with Gasteiger partial charge in [-0.2, -0.15) is 5.26 Å². The molecular weight excluding hydrogens is 370 g/mol. The molecule has 0 radical (unpaired) electrons. The van der Waals surface area contributed by atoms with Crippen molar-refractivity contribution < 1.29 is 23.7 Å². The van der Waals surface area contributed by atoms with Gasteiger partial charge in [0, 0.05) is 10.9 Å². The lowest BCUT2D eigenvalue weighted by Crippen LogP contribution is -2.04. The van der Waals surface area contributed by atoms with Crippen LogP contribution in [0.25, 0.3) is 16.3 Å². The Hall–Kier alpha value is -3.98. The van der Waals surface area contributed by atoms with Crippen LogP contribution in [0, 0.1) is 11.3 Å². The van der Waals surface area contributed by atoms with Gasteiger partial charge in [0.15, 0.2) is 17.3 Å². The van der Waals surface area contributed by atoms with Crippen LogP contribution in [0.15, 0.2) is 54.3 Å². The first-order chi connectivity index (χ1) is 14.1. The Morgan fingerprint density at radius 1 is 0.966 bits per heavy atom. The van der Waals surface area contributed by atoms with E-state index in [1.54, 1.807) is 18.2 Å². The van der Waals surface area contributed by atoms with Crippen molar-refractivity contribution in [3.8, 4) is 29.1 Å². The maximum Gasteiger partial charge on any atom is 0.233 e. The predicted octanol–water partition coefficient (Wildman–Crippen LogP) is 4.38. The SMILES string of the molecule is COc1cc(/C(C#N)=C2\Oc3c(ccc4ccccc34)C2=O)cc(OC)c1OC. The predicted molar refractivity (Wildman–Crippen MR) is 108 cm³/mol. The van der Waals surface area contributed by atoms with Gasteiger partial charge in [0.05, 0.1) is 26.9 Å². The van der Waals surface area contributed by atoms with Crippen molar-refractivity contribution in [2.75, 3.05) is 21.3 Å². The molecule has 29 heavy (non-hydrogen) atoms. The van der Waals surface area contributed by atoms with Gasteiger partial charge in [-0.3, -0.25) is 4.79 Å². The van der Waals surface area contributed by atoms with E-state index >= 15 is 0 Å². The third-order valence-electron chi connectivity index (χ3n) is 4.83. The molecule has 1 heterocycles. The summed E-state index contributed by atoms with van der Waals surface area (Å²) in [4.78, 5) is 13.0. The van der Waals surface area contributed by atoms with Crippen molar-refractivity contribution in [3.63, 3.8) is 0 Å². The molecule has 0 saturated carbocycles. The van der Waals surface area contributed by atoms with E-state index < -0.39 is 0 Å². The average molecular weight is 387 g/mol. The molecule has 0 atom stereocenters. The Morgan fingerprint density at radius 3 is 2.28 bits per heavy atom. The van der Waals surface area contributed by atoms with Crippen molar-refractivity contribution in [1.29, 1.82) is 5.26 Å². The first-order valence-electron chi connectivity index (χ1n) is 8.82. The number of hydrogen-bond donors (Lipinski definition) is 0. The minimum absolute atomic E-state index is 0.0203. The average Bonchev–Trinajstić information content (AvgIpc) is 3.10. The van der Waals surface area contributed by atoms with Crippen LogP contribution >= 0.6 is 0 Å². The van der Waals surface area contributed by atoms with Crippen molar-refractivity contribution in [2.45, 2.75) is 0 Å². The molecule has 6 heteroatoms. The van der Waals surface area contributed by atoms with E-state index in [-0.39, 0.29) is 17.1 Å². The number of methoxy groups -OCH3 is 3. The van der Waals surface area contributed by atoms with Gasteiger partial charge in [0.25, 0.3) is 0 Å². The summed E-state index contributed by atoms with van der Waals surface area (Å²) >= 11 is 0. The zero-order valence-electron chi connectivity index (χ0n) is 16.1. The molecule has 0 unspecified atom stereocenters. The minimum Gasteiger partial charge on any atom is -0.493 e. The Kier molecular flexibility index (Phi) is 4.57. The van der Waals surface area contributed by atoms with E-state index in [1.165, 1.54) is 21.3 Å². The number of hydrogen-bond acceptors (Lipinski definition) is 6. The van der Waals surface area contributed by atoms with Gasteiger partial charge < -0.3 is 18.9 Å². The topological polar surface area (TPSA) is 77.8 Å². The van der Waals surface area contributed by atoms with Gasteiger partial charge >= 0.3 is 0 Å². The molecule has 144 valence electrons. The highest BCUT2D eigenvalue weighted by atomic mass is 16.5. The van der Waals surface area contributed by atoms with Crippen molar-refractivity contribution in [2.24, 2.45) is 0 Å². The summed E-state index contributed by atoms with van der Waals surface area (Å²) in [5.74, 6) is 1.26. The molecular formula is C23H17NO5. The van der Waals surface area contributed by atoms with Gasteiger partial charge in [-0.15, -0.1) is 0 Å². The molecule has 4 rings (SSSR count). The number of ketones is 1. The number of benzene rings is 3. The number of ether oxygens (including phenoxy) is 4. The molecule has 1 aliphatic heterocycles. The first-order valence-corrected chi connectivity index (χ1v) is 8.82. The van der Waals surface area contributed by atoms with E-state index in [0.29, 0.717) is 34.1 Å². The highest BCUT2D eigenvalue weighted by molar-refractivity contribution is 6.20. The van der Waals surface area contributed by atoms with Gasteiger partial charge in [0.2, 0.25) is 11.5 Å². The van der Waals surface area contributed by atoms with Gasteiger partial charge in [-0.1, -0.05) is 30.3 Å². The summed E-state index contributed by atoms with van der Waals surface area (Å²) in [6.45, 7) is 0. The largest absolute Gasteiger partial charge is 0.493 e. The van der Waals surface area contributed by atoms with Crippen LogP contribution in [0.4, 0.5) is 0 Å². The highest BCUT2D eigenvalue weighted by Crippen LogP contribution is 2.43. The van der Waals surface area contributed by atoms with E-state index in [4.69, 9.17) is 18.9 Å². The number of carbonyl (C=O) groups excluding carboxylic acids is 1. The molecule has 3 aromatic carbocycles. The van der Waals surface area contributed by atoms with E-state index in [2.05, 4.69) is 6.07 Å². The number of allylic oxidation sites excluding steroid dienone is 2. The fraction of sp³-hybridized carbons (Fsp3) is 0.130. The number of nitriles is 1. The smallest absolute Gasteiger partial charge is 0.233 e. The normalized spacial score (nSPS) is 14.1. The van der Waals surface area contributed by atoms with Crippen LogP contribution in [0.2, 0.25) is 0 Å². The zero-order valence-corrected chi connectivity index (χ0v) is 16.1. The lowest BCUT2D eigenvalue weighted by Gasteiger charge is -2.14. The minimum atomic E-state index is -0.337. The van der Waals surface area contributed by atoms with E-state index in [9.17, 15) is 10.1 Å². The third-order valence-corrected chi connectivity index (χ3v) is 4.83. The Balaban J connectivity index is 1.91. The maximum absolute atomic E-state index is 13.0. The Labute approximate surface area is 167 Å². The summed E-state index contributed by atoms with van der Waals surface area (Å²) in [7, 11) is 4.47. The van der Waals surface area contributed by atoms with E-state index in [0.717, 1.165) is 10.8 Å². The van der Waals surface area contributed by atoms with Gasteiger partial charge in [-0.25, -0.2) is 0 Å². The zero-order chi connectivity index (χ0) is 20.5. The van der Waals surface area contributed by atoms with Crippen LogP contribution in [0.5, 0.6) is 23.0 Å². The number of fused-ring (bicyclic) bond motifs is 3. The molecule has 0 amide bonds. The fourth-order valence-corrected chi connectivity index (χ4v) is 3.44. The molecule has 0 aromatic heterocycles. The van der Waals surface area contributed by atoms with Gasteiger partial charge in [0.1, 0.15) is 17.4 Å². The number of carbonyl (C=O) groups is 1. The van der Waals surface area contributed by atoms with Crippen LogP contribution in [-0.2, 0) is 0 Å². The number of Topliss-reactive ketones (excluding diaryl/α,β-unsaturated/α-hetero) is 1. The molecule has 0 fully saturated rings. The molecule has 0 bridgehead atoms. The van der Waals surface area contributed by atoms with Crippen molar-refractivity contribution in [1.82, 2.24) is 0 Å². The second kappa shape index (κ2) is 7.21. The summed E-state index contributed by atoms with van der Waals surface area (Å²) in [5.41, 5.74) is 0.955. The Morgan fingerprint density at radius 2 is 1.66 bits per heavy atom. The highest BCUT2D eigenvalue weighted by Gasteiger charge is 2.33. The third kappa shape index (κ3) is 2.84. The standard InChI is InChI=1S/C23H17NO5/c1-26-18-10-14(11-19(27-2)23(18)28-3)17(12-24)22-20(25)16-9-8-13-6-4-5-7-15(13)21(16)29-22/h4-11H,1-3H3/b22-17-. The molecule has 6 nitrogen and oxygen atoms in total. The van der Waals surface area contributed by atoms with Crippen LogP contribution in [0.1, 0.15) is 15.9 Å². The molecule has 3 aromatic rings. The second-order valence-corrected chi connectivity index (χ2v) is 6.32. The molecule has 1 aliphatic rings. The van der Waals surface area contributed by atoms with Crippen LogP contribution in [-0.4, -0.2) is 27.1 Å². The summed E-state index contributed by atoms with van der Waals surface area (Å²) < 4.78 is 22.0.